The lowest BCUT2D eigenvalue weighted by Crippen LogP contribution is -2.37. The molecule has 31 heavy (non-hydrogen) atoms. The first kappa shape index (κ1) is 20.0. The molecule has 160 valence electrons. The van der Waals surface area contributed by atoms with E-state index >= 15 is 0 Å². The molecule has 2 unspecified atom stereocenters. The third-order valence-corrected chi connectivity index (χ3v) is 8.08. The molecule has 0 amide bonds. The summed E-state index contributed by atoms with van der Waals surface area (Å²) in [6.07, 6.45) is 7.10. The normalized spacial score (nSPS) is 20.9. The number of nitrogens with zero attached hydrogens (tertiary/aromatic N) is 5. The third-order valence-electron chi connectivity index (χ3n) is 6.22. The zero-order valence-electron chi connectivity index (χ0n) is 17.1. The Kier molecular flexibility index (Phi) is 5.12. The van der Waals surface area contributed by atoms with Crippen LogP contribution >= 0.6 is 0 Å². The van der Waals surface area contributed by atoms with Crippen LogP contribution in [0.15, 0.2) is 42.9 Å². The number of aromatic amines is 1. The highest BCUT2D eigenvalue weighted by Gasteiger charge is 2.45. The van der Waals surface area contributed by atoms with Crippen molar-refractivity contribution in [2.75, 3.05) is 24.5 Å². The topological polar surface area (TPSA) is 106 Å². The molecule has 1 aromatic carbocycles. The minimum atomic E-state index is -3.40. The second kappa shape index (κ2) is 7.94. The van der Waals surface area contributed by atoms with Crippen molar-refractivity contribution in [2.45, 2.75) is 31.1 Å². The van der Waals surface area contributed by atoms with E-state index < -0.39 is 10.0 Å². The summed E-state index contributed by atoms with van der Waals surface area (Å²) >= 11 is 0. The van der Waals surface area contributed by atoms with Crippen molar-refractivity contribution < 1.29 is 8.42 Å². The Hall–Kier alpha value is -2.96. The van der Waals surface area contributed by atoms with Gasteiger partial charge in [-0.05, 0) is 42.5 Å². The third kappa shape index (κ3) is 4.13. The van der Waals surface area contributed by atoms with E-state index in [1.165, 1.54) is 19.3 Å². The Morgan fingerprint density at radius 3 is 2.68 bits per heavy atom. The van der Waals surface area contributed by atoms with Gasteiger partial charge in [-0.2, -0.15) is 9.57 Å². The van der Waals surface area contributed by atoms with Gasteiger partial charge in [-0.15, -0.1) is 0 Å². The van der Waals surface area contributed by atoms with E-state index in [0.717, 1.165) is 23.4 Å². The number of benzene rings is 1. The van der Waals surface area contributed by atoms with Crippen molar-refractivity contribution in [3.05, 3.63) is 54.0 Å². The maximum absolute atomic E-state index is 12.9. The highest BCUT2D eigenvalue weighted by molar-refractivity contribution is 7.88. The highest BCUT2D eigenvalue weighted by Crippen LogP contribution is 2.33. The van der Waals surface area contributed by atoms with Crippen LogP contribution in [0, 0.1) is 17.2 Å². The summed E-state index contributed by atoms with van der Waals surface area (Å²) in [4.78, 5) is 14.2. The number of sulfonamides is 1. The van der Waals surface area contributed by atoms with Crippen LogP contribution in [-0.4, -0.2) is 53.4 Å². The average molecular weight is 437 g/mol. The minimum Gasteiger partial charge on any atom is -0.354 e. The molecule has 0 spiro atoms. The second-order valence-electron chi connectivity index (χ2n) is 8.43. The lowest BCUT2D eigenvalue weighted by atomic mass is 9.85. The molecule has 1 aliphatic carbocycles. The molecular formula is C22H24N6O2S. The van der Waals surface area contributed by atoms with Gasteiger partial charge in [0.15, 0.2) is 0 Å². The first-order valence-corrected chi connectivity index (χ1v) is 12.2. The molecule has 9 heteroatoms. The highest BCUT2D eigenvalue weighted by atomic mass is 32.2. The van der Waals surface area contributed by atoms with Gasteiger partial charge in [-0.25, -0.2) is 18.4 Å². The molecule has 3 heterocycles. The summed E-state index contributed by atoms with van der Waals surface area (Å²) in [6, 6.07) is 10.7. The number of aromatic nitrogens is 3. The quantitative estimate of drug-likeness (QED) is 0.544. The van der Waals surface area contributed by atoms with Crippen molar-refractivity contribution in [3.63, 3.8) is 0 Å². The number of hydrogen-bond acceptors (Lipinski definition) is 6. The molecule has 1 aliphatic heterocycles. The predicted octanol–water partition coefficient (Wildman–Crippen LogP) is 2.65. The molecule has 1 N–H and O–H groups in total. The van der Waals surface area contributed by atoms with Gasteiger partial charge in [0.2, 0.25) is 10.0 Å². The van der Waals surface area contributed by atoms with E-state index in [1.54, 1.807) is 34.9 Å². The Balaban J connectivity index is 1.31. The number of H-pyrrole nitrogens is 1. The number of nitrogens with one attached hydrogen (secondary N) is 1. The van der Waals surface area contributed by atoms with E-state index in [-0.39, 0.29) is 11.8 Å². The molecule has 1 saturated heterocycles. The number of hydrogen-bond donors (Lipinski definition) is 1. The van der Waals surface area contributed by atoms with Gasteiger partial charge in [0.05, 0.1) is 28.8 Å². The van der Waals surface area contributed by atoms with Crippen LogP contribution in [0.1, 0.15) is 30.4 Å². The van der Waals surface area contributed by atoms with Gasteiger partial charge in [-0.3, -0.25) is 0 Å². The summed E-state index contributed by atoms with van der Waals surface area (Å²) in [5, 5.41) is 9.88. The number of nitriles is 1. The maximum Gasteiger partial charge on any atom is 0.218 e. The Bertz CT molecular complexity index is 1230. The van der Waals surface area contributed by atoms with Crippen LogP contribution < -0.4 is 4.90 Å². The SMILES string of the molecule is N#Cc1ccc(CS(=O)(=O)N2CC2CN(CC2CCC2)c2ncnc3[nH]ccc23)cc1. The first-order chi connectivity index (χ1) is 15.0. The van der Waals surface area contributed by atoms with Crippen LogP contribution in [0.25, 0.3) is 11.0 Å². The smallest absolute Gasteiger partial charge is 0.218 e. The average Bonchev–Trinajstić information content (AvgIpc) is 3.36. The molecule has 5 rings (SSSR count). The minimum absolute atomic E-state index is 0.0482. The fourth-order valence-corrected chi connectivity index (χ4v) is 5.92. The van der Waals surface area contributed by atoms with Gasteiger partial charge >= 0.3 is 0 Å². The van der Waals surface area contributed by atoms with Crippen LogP contribution in [0.3, 0.4) is 0 Å². The summed E-state index contributed by atoms with van der Waals surface area (Å²) in [5.74, 6) is 1.45. The number of rotatable bonds is 8. The van der Waals surface area contributed by atoms with Crippen molar-refractivity contribution in [1.82, 2.24) is 19.3 Å². The molecule has 3 aromatic rings. The molecule has 0 bridgehead atoms. The summed E-state index contributed by atoms with van der Waals surface area (Å²) in [7, 11) is -3.40. The van der Waals surface area contributed by atoms with Gasteiger partial charge in [0.1, 0.15) is 17.8 Å². The fourth-order valence-electron chi connectivity index (χ4n) is 4.22. The van der Waals surface area contributed by atoms with Gasteiger partial charge in [0.25, 0.3) is 0 Å². The van der Waals surface area contributed by atoms with E-state index in [0.29, 0.717) is 30.1 Å². The van der Waals surface area contributed by atoms with Crippen LogP contribution in [-0.2, 0) is 15.8 Å². The van der Waals surface area contributed by atoms with E-state index in [4.69, 9.17) is 5.26 Å². The predicted molar refractivity (Wildman–Crippen MR) is 118 cm³/mol. The van der Waals surface area contributed by atoms with E-state index in [1.807, 2.05) is 12.3 Å². The van der Waals surface area contributed by atoms with Crippen molar-refractivity contribution in [1.29, 1.82) is 5.26 Å². The van der Waals surface area contributed by atoms with Crippen LogP contribution in [0.5, 0.6) is 0 Å². The molecule has 2 aliphatic rings. The van der Waals surface area contributed by atoms with E-state index in [2.05, 4.69) is 25.9 Å². The lowest BCUT2D eigenvalue weighted by molar-refractivity contribution is 0.316. The molecule has 2 atom stereocenters. The van der Waals surface area contributed by atoms with Crippen molar-refractivity contribution in [3.8, 4) is 6.07 Å². The molecule has 2 aromatic heterocycles. The zero-order valence-corrected chi connectivity index (χ0v) is 17.9. The Labute approximate surface area is 181 Å². The zero-order chi connectivity index (χ0) is 21.4. The molecule has 8 nitrogen and oxygen atoms in total. The molecule has 0 radical (unpaired) electrons. The first-order valence-electron chi connectivity index (χ1n) is 10.5. The molecular weight excluding hydrogens is 412 g/mol. The summed E-state index contributed by atoms with van der Waals surface area (Å²) in [5.41, 5.74) is 2.02. The van der Waals surface area contributed by atoms with Gasteiger partial charge in [-0.1, -0.05) is 18.6 Å². The van der Waals surface area contributed by atoms with Gasteiger partial charge < -0.3 is 9.88 Å². The summed E-state index contributed by atoms with van der Waals surface area (Å²) < 4.78 is 27.4. The largest absolute Gasteiger partial charge is 0.354 e. The molecule has 1 saturated carbocycles. The van der Waals surface area contributed by atoms with Crippen LogP contribution in [0.4, 0.5) is 5.82 Å². The second-order valence-corrected chi connectivity index (χ2v) is 10.3. The molecule has 2 fully saturated rings. The number of anilines is 1. The monoisotopic (exact) mass is 436 g/mol. The maximum atomic E-state index is 12.9. The van der Waals surface area contributed by atoms with Gasteiger partial charge in [0, 0.05) is 25.8 Å². The lowest BCUT2D eigenvalue weighted by Gasteiger charge is -2.33. The number of fused-ring (bicyclic) bond motifs is 1. The van der Waals surface area contributed by atoms with Crippen molar-refractivity contribution >= 4 is 26.9 Å². The van der Waals surface area contributed by atoms with Crippen molar-refractivity contribution in [2.24, 2.45) is 5.92 Å². The summed E-state index contributed by atoms with van der Waals surface area (Å²) in [6.45, 7) is 2.04. The Morgan fingerprint density at radius 1 is 1.16 bits per heavy atom. The fraction of sp³-hybridized carbons (Fsp3) is 0.409. The van der Waals surface area contributed by atoms with Crippen LogP contribution in [0.2, 0.25) is 0 Å². The Morgan fingerprint density at radius 2 is 1.97 bits per heavy atom. The van der Waals surface area contributed by atoms with E-state index in [9.17, 15) is 8.42 Å². The standard InChI is InChI=1S/C22H24N6O2S/c23-10-16-4-6-18(7-5-16)14-31(29,30)28-13-19(28)12-27(11-17-2-1-3-17)22-20-8-9-24-21(20)25-15-26-22/h4-9,15,17,19H,1-3,11-14H2,(H,24,25,26).